The van der Waals surface area contributed by atoms with Gasteiger partial charge in [0, 0.05) is 18.7 Å². The minimum Gasteiger partial charge on any atom is -0.388 e. The van der Waals surface area contributed by atoms with E-state index in [0.717, 1.165) is 40.5 Å². The number of aliphatic hydroxyl groups excluding tert-OH is 1. The maximum Gasteiger partial charge on any atom is 0.0893 e. The first-order chi connectivity index (χ1) is 10.0. The zero-order chi connectivity index (χ0) is 15.1. The summed E-state index contributed by atoms with van der Waals surface area (Å²) in [7, 11) is 0. The lowest BCUT2D eigenvalue weighted by atomic mass is 9.95. The standard InChI is InChI=1S/C16H10Br4O/c17-7-16(21)13-3-8-4-14(19)15(20)6-11(8)12-5-9(18)1-2-10(12)13/h1-6,16,21H,7H2/t16-/m1/s1. The third-order valence-electron chi connectivity index (χ3n) is 3.49. The molecule has 3 aromatic rings. The van der Waals surface area contributed by atoms with Crippen LogP contribution in [0.4, 0.5) is 0 Å². The fourth-order valence-electron chi connectivity index (χ4n) is 2.51. The van der Waals surface area contributed by atoms with Crippen molar-refractivity contribution in [1.29, 1.82) is 0 Å². The average Bonchev–Trinajstić information content (AvgIpc) is 2.47. The predicted molar refractivity (Wildman–Crippen MR) is 103 cm³/mol. The molecule has 0 aromatic heterocycles. The highest BCUT2D eigenvalue weighted by Crippen LogP contribution is 2.37. The molecule has 0 spiro atoms. The predicted octanol–water partition coefficient (Wildman–Crippen LogP) is 6.71. The Morgan fingerprint density at radius 2 is 1.57 bits per heavy atom. The number of rotatable bonds is 2. The Kier molecular flexibility index (Phi) is 4.77. The van der Waals surface area contributed by atoms with Gasteiger partial charge in [0.15, 0.2) is 0 Å². The second-order valence-electron chi connectivity index (χ2n) is 4.81. The Balaban J connectivity index is 2.50. The van der Waals surface area contributed by atoms with Gasteiger partial charge in [0.2, 0.25) is 0 Å². The van der Waals surface area contributed by atoms with Crippen LogP contribution in [0.5, 0.6) is 0 Å². The lowest BCUT2D eigenvalue weighted by Crippen LogP contribution is -2.00. The number of benzene rings is 3. The lowest BCUT2D eigenvalue weighted by Gasteiger charge is -2.15. The average molecular weight is 538 g/mol. The van der Waals surface area contributed by atoms with Gasteiger partial charge in [0.25, 0.3) is 0 Å². The molecule has 1 atom stereocenters. The van der Waals surface area contributed by atoms with Crippen molar-refractivity contribution in [2.75, 3.05) is 5.33 Å². The van der Waals surface area contributed by atoms with E-state index in [1.807, 2.05) is 6.07 Å². The van der Waals surface area contributed by atoms with Gasteiger partial charge < -0.3 is 5.11 Å². The Bertz CT molecular complexity index is 845. The maximum atomic E-state index is 10.3. The number of hydrogen-bond acceptors (Lipinski definition) is 1. The Morgan fingerprint density at radius 3 is 2.29 bits per heavy atom. The van der Waals surface area contributed by atoms with Gasteiger partial charge in [-0.05, 0) is 89.3 Å². The fourth-order valence-corrected chi connectivity index (χ4v) is 3.92. The first kappa shape index (κ1) is 15.9. The van der Waals surface area contributed by atoms with Crippen LogP contribution >= 0.6 is 63.7 Å². The molecule has 5 heteroatoms. The van der Waals surface area contributed by atoms with E-state index in [1.165, 1.54) is 0 Å². The molecule has 0 fully saturated rings. The van der Waals surface area contributed by atoms with Gasteiger partial charge in [-0.25, -0.2) is 0 Å². The molecule has 0 radical (unpaired) electrons. The molecule has 0 saturated carbocycles. The molecule has 3 rings (SSSR count). The number of fused-ring (bicyclic) bond motifs is 3. The molecule has 0 saturated heterocycles. The molecule has 1 N–H and O–H groups in total. The van der Waals surface area contributed by atoms with Crippen molar-refractivity contribution in [2.45, 2.75) is 6.10 Å². The van der Waals surface area contributed by atoms with E-state index in [-0.39, 0.29) is 0 Å². The minimum atomic E-state index is -0.527. The van der Waals surface area contributed by atoms with Crippen LogP contribution in [-0.4, -0.2) is 10.4 Å². The van der Waals surface area contributed by atoms with Crippen LogP contribution in [0.25, 0.3) is 21.5 Å². The topological polar surface area (TPSA) is 20.2 Å². The Morgan fingerprint density at radius 1 is 0.857 bits per heavy atom. The van der Waals surface area contributed by atoms with Gasteiger partial charge in [-0.15, -0.1) is 0 Å². The smallest absolute Gasteiger partial charge is 0.0893 e. The summed E-state index contributed by atoms with van der Waals surface area (Å²) >= 11 is 14.0. The first-order valence-corrected chi connectivity index (χ1v) is 9.76. The van der Waals surface area contributed by atoms with Gasteiger partial charge in [0.05, 0.1) is 6.10 Å². The SMILES string of the molecule is O[C@H](CBr)c1cc2cc(Br)c(Br)cc2c2cc(Br)ccc12. The summed E-state index contributed by atoms with van der Waals surface area (Å²) in [6, 6.07) is 12.4. The molecule has 3 aromatic carbocycles. The van der Waals surface area contributed by atoms with Crippen LogP contribution in [0.3, 0.4) is 0 Å². The Labute approximate surface area is 156 Å². The molecule has 0 unspecified atom stereocenters. The summed E-state index contributed by atoms with van der Waals surface area (Å²) in [5, 5.41) is 15.3. The molecule has 0 heterocycles. The van der Waals surface area contributed by atoms with Gasteiger partial charge in [-0.2, -0.15) is 0 Å². The summed E-state index contributed by atoms with van der Waals surface area (Å²) in [5.74, 6) is 0. The van der Waals surface area contributed by atoms with Gasteiger partial charge in [-0.3, -0.25) is 0 Å². The highest BCUT2D eigenvalue weighted by atomic mass is 79.9. The zero-order valence-electron chi connectivity index (χ0n) is 10.7. The molecule has 0 bridgehead atoms. The molecular formula is C16H10Br4O. The van der Waals surface area contributed by atoms with Crippen molar-refractivity contribution in [3.63, 3.8) is 0 Å². The summed E-state index contributed by atoms with van der Waals surface area (Å²) in [6.07, 6.45) is -0.527. The van der Waals surface area contributed by atoms with Crippen LogP contribution in [0, 0.1) is 0 Å². The third kappa shape index (κ3) is 2.95. The summed E-state index contributed by atoms with van der Waals surface area (Å²) in [4.78, 5) is 0. The first-order valence-electron chi connectivity index (χ1n) is 6.26. The van der Waals surface area contributed by atoms with Gasteiger partial charge in [-0.1, -0.05) is 37.9 Å². The van der Waals surface area contributed by atoms with E-state index in [9.17, 15) is 5.11 Å². The molecule has 0 amide bonds. The quantitative estimate of drug-likeness (QED) is 0.285. The molecular weight excluding hydrogens is 528 g/mol. The lowest BCUT2D eigenvalue weighted by molar-refractivity contribution is 0.207. The van der Waals surface area contributed by atoms with Gasteiger partial charge >= 0.3 is 0 Å². The van der Waals surface area contributed by atoms with Crippen molar-refractivity contribution in [2.24, 2.45) is 0 Å². The van der Waals surface area contributed by atoms with Crippen LogP contribution in [-0.2, 0) is 0 Å². The normalized spacial score (nSPS) is 13.0. The van der Waals surface area contributed by atoms with Gasteiger partial charge in [0.1, 0.15) is 0 Å². The second kappa shape index (κ2) is 6.28. The number of hydrogen-bond donors (Lipinski definition) is 1. The van der Waals surface area contributed by atoms with E-state index < -0.39 is 6.10 Å². The molecule has 21 heavy (non-hydrogen) atoms. The second-order valence-corrected chi connectivity index (χ2v) is 8.09. The fraction of sp³-hybridized carbons (Fsp3) is 0.125. The van der Waals surface area contributed by atoms with Crippen LogP contribution in [0.1, 0.15) is 11.7 Å². The molecule has 0 aliphatic carbocycles. The summed E-state index contributed by atoms with van der Waals surface area (Å²) < 4.78 is 3.05. The molecule has 108 valence electrons. The largest absolute Gasteiger partial charge is 0.388 e. The number of aliphatic hydroxyl groups is 1. The number of alkyl halides is 1. The zero-order valence-corrected chi connectivity index (χ0v) is 17.1. The Hall–Kier alpha value is 0.0600. The van der Waals surface area contributed by atoms with Crippen molar-refractivity contribution in [3.8, 4) is 0 Å². The number of halogens is 4. The van der Waals surface area contributed by atoms with Crippen LogP contribution < -0.4 is 0 Å². The minimum absolute atomic E-state index is 0.515. The van der Waals surface area contributed by atoms with E-state index in [1.54, 1.807) is 0 Å². The molecule has 0 aliphatic rings. The van der Waals surface area contributed by atoms with Crippen molar-refractivity contribution in [1.82, 2.24) is 0 Å². The monoisotopic (exact) mass is 534 g/mol. The van der Waals surface area contributed by atoms with Crippen molar-refractivity contribution in [3.05, 3.63) is 55.4 Å². The van der Waals surface area contributed by atoms with Crippen molar-refractivity contribution < 1.29 is 5.11 Å². The van der Waals surface area contributed by atoms with E-state index in [4.69, 9.17) is 0 Å². The van der Waals surface area contributed by atoms with Crippen LogP contribution in [0.2, 0.25) is 0 Å². The van der Waals surface area contributed by atoms with Crippen molar-refractivity contribution >= 4 is 85.3 Å². The van der Waals surface area contributed by atoms with E-state index in [2.05, 4.69) is 94.1 Å². The molecule has 0 aliphatic heterocycles. The third-order valence-corrected chi connectivity index (χ3v) is 6.44. The van der Waals surface area contributed by atoms with E-state index in [0.29, 0.717) is 5.33 Å². The summed E-state index contributed by atoms with van der Waals surface area (Å²) in [5.41, 5.74) is 0.941. The maximum absolute atomic E-state index is 10.3. The van der Waals surface area contributed by atoms with Crippen LogP contribution in [0.15, 0.2) is 49.8 Å². The molecule has 1 nitrogen and oxygen atoms in total. The highest BCUT2D eigenvalue weighted by molar-refractivity contribution is 9.13. The van der Waals surface area contributed by atoms with E-state index >= 15 is 0 Å². The summed E-state index contributed by atoms with van der Waals surface area (Å²) in [6.45, 7) is 0. The highest BCUT2D eigenvalue weighted by Gasteiger charge is 2.14.